The van der Waals surface area contributed by atoms with Crippen molar-refractivity contribution >= 4 is 17.8 Å². The largest absolute Gasteiger partial charge is 0.480 e. The molecule has 25 heavy (non-hydrogen) atoms. The molecule has 4 atom stereocenters. The monoisotopic (exact) mass is 350 g/mol. The topological polar surface area (TPSA) is 77.9 Å². The Morgan fingerprint density at radius 2 is 1.84 bits per heavy atom. The second-order valence-corrected chi connectivity index (χ2v) is 7.88. The van der Waals surface area contributed by atoms with Crippen LogP contribution in [0.5, 0.6) is 0 Å². The molecular weight excluding hydrogens is 320 g/mol. The van der Waals surface area contributed by atoms with Crippen LogP contribution in [0, 0.1) is 11.8 Å². The number of carboxylic acid groups (broad SMARTS) is 1. The predicted molar refractivity (Wildman–Crippen MR) is 92.8 cm³/mol. The van der Waals surface area contributed by atoms with Crippen LogP contribution in [0.4, 0.5) is 0 Å². The first-order valence-electron chi connectivity index (χ1n) is 9.85. The molecule has 2 saturated heterocycles. The van der Waals surface area contributed by atoms with Gasteiger partial charge in [-0.15, -0.1) is 0 Å². The third-order valence-electron chi connectivity index (χ3n) is 6.21. The number of carboxylic acids is 1. The summed E-state index contributed by atoms with van der Waals surface area (Å²) >= 11 is 0. The first-order chi connectivity index (χ1) is 12.0. The molecule has 0 spiro atoms. The van der Waals surface area contributed by atoms with Crippen LogP contribution in [0.25, 0.3) is 0 Å². The number of fused-ring (bicyclic) bond motifs is 1. The summed E-state index contributed by atoms with van der Waals surface area (Å²) in [6, 6.07) is -0.591. The smallest absolute Gasteiger partial charge is 0.326 e. The second-order valence-electron chi connectivity index (χ2n) is 7.88. The van der Waals surface area contributed by atoms with Crippen LogP contribution in [0.1, 0.15) is 64.7 Å². The van der Waals surface area contributed by atoms with Crippen molar-refractivity contribution in [2.75, 3.05) is 13.1 Å². The van der Waals surface area contributed by atoms with Crippen molar-refractivity contribution in [3.8, 4) is 0 Å². The number of carbonyl (C=O) groups is 3. The van der Waals surface area contributed by atoms with E-state index < -0.39 is 12.0 Å². The fraction of sp³-hybridized carbons (Fsp3) is 0.842. The Hall–Kier alpha value is -1.59. The van der Waals surface area contributed by atoms with Crippen molar-refractivity contribution in [3.63, 3.8) is 0 Å². The van der Waals surface area contributed by atoms with Gasteiger partial charge in [0, 0.05) is 25.6 Å². The highest BCUT2D eigenvalue weighted by atomic mass is 16.4. The molecule has 1 saturated carbocycles. The highest BCUT2D eigenvalue weighted by Crippen LogP contribution is 2.41. The lowest BCUT2D eigenvalue weighted by molar-refractivity contribution is -0.153. The fourth-order valence-corrected chi connectivity index (χ4v) is 4.99. The van der Waals surface area contributed by atoms with Crippen molar-refractivity contribution < 1.29 is 19.5 Å². The van der Waals surface area contributed by atoms with E-state index in [4.69, 9.17) is 0 Å². The van der Waals surface area contributed by atoms with E-state index >= 15 is 0 Å². The van der Waals surface area contributed by atoms with Crippen LogP contribution in [0.15, 0.2) is 0 Å². The minimum Gasteiger partial charge on any atom is -0.480 e. The molecule has 3 aliphatic rings. The van der Waals surface area contributed by atoms with E-state index in [9.17, 15) is 19.5 Å². The molecule has 1 aliphatic carbocycles. The van der Waals surface area contributed by atoms with Gasteiger partial charge in [0.25, 0.3) is 0 Å². The molecule has 1 N–H and O–H groups in total. The standard InChI is InChI=1S/C19H30N2O4/c1-2-6-17(22)20-10-5-8-14(12-20)18(23)21-15-9-4-3-7-13(15)11-16(21)19(24)25/h13-16H,2-12H2,1H3,(H,24,25). The number of nitrogens with zero attached hydrogens (tertiary/aromatic N) is 2. The van der Waals surface area contributed by atoms with Crippen LogP contribution in [0.3, 0.4) is 0 Å². The van der Waals surface area contributed by atoms with E-state index in [0.29, 0.717) is 25.3 Å². The third kappa shape index (κ3) is 3.67. The zero-order valence-corrected chi connectivity index (χ0v) is 15.2. The lowest BCUT2D eigenvalue weighted by Gasteiger charge is -2.38. The Kier molecular flexibility index (Phi) is 5.64. The van der Waals surface area contributed by atoms with Crippen molar-refractivity contribution in [1.29, 1.82) is 0 Å². The Balaban J connectivity index is 1.73. The van der Waals surface area contributed by atoms with Gasteiger partial charge in [-0.3, -0.25) is 9.59 Å². The van der Waals surface area contributed by atoms with Crippen LogP contribution in [-0.4, -0.2) is 57.9 Å². The summed E-state index contributed by atoms with van der Waals surface area (Å²) in [5, 5.41) is 9.63. The molecule has 0 aromatic carbocycles. The molecule has 0 radical (unpaired) electrons. The molecule has 0 bridgehead atoms. The summed E-state index contributed by atoms with van der Waals surface area (Å²) < 4.78 is 0. The molecule has 0 aromatic heterocycles. The highest BCUT2D eigenvalue weighted by molar-refractivity contribution is 5.87. The zero-order chi connectivity index (χ0) is 18.0. The minimum atomic E-state index is -0.877. The third-order valence-corrected chi connectivity index (χ3v) is 6.21. The first-order valence-corrected chi connectivity index (χ1v) is 9.85. The van der Waals surface area contributed by atoms with Crippen LogP contribution >= 0.6 is 0 Å². The number of hydrogen-bond acceptors (Lipinski definition) is 3. The lowest BCUT2D eigenvalue weighted by atomic mass is 9.84. The molecule has 0 aromatic rings. The summed E-state index contributed by atoms with van der Waals surface area (Å²) in [6.45, 7) is 3.16. The van der Waals surface area contributed by atoms with Gasteiger partial charge in [0.05, 0.1) is 5.92 Å². The molecule has 3 rings (SSSR count). The maximum Gasteiger partial charge on any atom is 0.326 e. The molecular formula is C19H30N2O4. The SMILES string of the molecule is CCCC(=O)N1CCCC(C(=O)N2C(C(=O)O)CC3CCCCC32)C1. The van der Waals surface area contributed by atoms with Crippen molar-refractivity contribution in [2.24, 2.45) is 11.8 Å². The van der Waals surface area contributed by atoms with E-state index in [1.54, 1.807) is 9.80 Å². The summed E-state index contributed by atoms with van der Waals surface area (Å²) in [4.78, 5) is 40.7. The summed E-state index contributed by atoms with van der Waals surface area (Å²) in [6.07, 6.45) is 7.67. The van der Waals surface area contributed by atoms with Gasteiger partial charge >= 0.3 is 5.97 Å². The molecule has 2 amide bonds. The van der Waals surface area contributed by atoms with Crippen molar-refractivity contribution in [1.82, 2.24) is 9.80 Å². The average Bonchev–Trinajstić information content (AvgIpc) is 3.01. The van der Waals surface area contributed by atoms with E-state index in [-0.39, 0.29) is 23.8 Å². The number of hydrogen-bond donors (Lipinski definition) is 1. The second kappa shape index (κ2) is 7.75. The van der Waals surface area contributed by atoms with Crippen LogP contribution in [-0.2, 0) is 14.4 Å². The average molecular weight is 350 g/mol. The van der Waals surface area contributed by atoms with Gasteiger partial charge in [-0.2, -0.15) is 0 Å². The molecule has 3 fully saturated rings. The molecule has 140 valence electrons. The van der Waals surface area contributed by atoms with E-state index in [1.165, 1.54) is 0 Å². The number of rotatable bonds is 4. The quantitative estimate of drug-likeness (QED) is 0.844. The minimum absolute atomic E-state index is 0.0317. The lowest BCUT2D eigenvalue weighted by Crippen LogP contribution is -2.52. The Morgan fingerprint density at radius 1 is 1.08 bits per heavy atom. The van der Waals surface area contributed by atoms with Gasteiger partial charge in [-0.1, -0.05) is 19.8 Å². The number of piperidine rings is 1. The van der Waals surface area contributed by atoms with Crippen LogP contribution in [0.2, 0.25) is 0 Å². The van der Waals surface area contributed by atoms with E-state index in [0.717, 1.165) is 51.5 Å². The summed E-state index contributed by atoms with van der Waals surface area (Å²) in [7, 11) is 0. The number of likely N-dealkylation sites (tertiary alicyclic amines) is 2. The van der Waals surface area contributed by atoms with Gasteiger partial charge in [0.1, 0.15) is 6.04 Å². The molecule has 6 nitrogen and oxygen atoms in total. The maximum atomic E-state index is 13.2. The molecule has 4 unspecified atom stereocenters. The zero-order valence-electron chi connectivity index (χ0n) is 15.2. The molecule has 2 heterocycles. The Labute approximate surface area is 149 Å². The van der Waals surface area contributed by atoms with Crippen LogP contribution < -0.4 is 0 Å². The van der Waals surface area contributed by atoms with Gasteiger partial charge in [0.15, 0.2) is 0 Å². The molecule has 6 heteroatoms. The summed E-state index contributed by atoms with van der Waals surface area (Å²) in [5.74, 6) is -0.697. The van der Waals surface area contributed by atoms with Gasteiger partial charge in [-0.25, -0.2) is 4.79 Å². The van der Waals surface area contributed by atoms with E-state index in [2.05, 4.69) is 0 Å². The number of amides is 2. The normalized spacial score (nSPS) is 32.4. The number of carbonyl (C=O) groups excluding carboxylic acids is 2. The van der Waals surface area contributed by atoms with E-state index in [1.807, 2.05) is 6.92 Å². The van der Waals surface area contributed by atoms with Crippen molar-refractivity contribution in [3.05, 3.63) is 0 Å². The predicted octanol–water partition coefficient (Wildman–Crippen LogP) is 2.27. The Morgan fingerprint density at radius 3 is 2.56 bits per heavy atom. The first kappa shape index (κ1) is 18.2. The van der Waals surface area contributed by atoms with Gasteiger partial charge in [0.2, 0.25) is 11.8 Å². The fourth-order valence-electron chi connectivity index (χ4n) is 4.99. The van der Waals surface area contributed by atoms with Gasteiger partial charge < -0.3 is 14.9 Å². The van der Waals surface area contributed by atoms with Crippen molar-refractivity contribution in [2.45, 2.75) is 76.8 Å². The number of aliphatic carboxylic acids is 1. The Bertz CT molecular complexity index is 536. The van der Waals surface area contributed by atoms with Gasteiger partial charge in [-0.05, 0) is 44.4 Å². The summed E-state index contributed by atoms with van der Waals surface area (Å²) in [5.41, 5.74) is 0. The maximum absolute atomic E-state index is 13.2. The highest BCUT2D eigenvalue weighted by Gasteiger charge is 2.49. The molecule has 2 aliphatic heterocycles.